The van der Waals surface area contributed by atoms with Gasteiger partial charge in [-0.3, -0.25) is 5.32 Å². The minimum absolute atomic E-state index is 0.361. The zero-order valence-electron chi connectivity index (χ0n) is 7.45. The van der Waals surface area contributed by atoms with Crippen molar-refractivity contribution in [2.45, 2.75) is 19.3 Å². The molecule has 0 aliphatic carbocycles. The molecule has 0 rings (SSSR count). The van der Waals surface area contributed by atoms with E-state index in [1.54, 1.807) is 0 Å². The van der Waals surface area contributed by atoms with Gasteiger partial charge in [-0.2, -0.15) is 0 Å². The molecule has 0 aromatic heterocycles. The standard InChI is InChI=1S/C8H18N2O2/c1-3-8(12)10-6-7(11)5-9-4-2/h3,7-12H,1,4-6H2,2H3. The van der Waals surface area contributed by atoms with E-state index in [1.807, 2.05) is 6.92 Å². The molecule has 0 fully saturated rings. The quantitative estimate of drug-likeness (QED) is 0.297. The van der Waals surface area contributed by atoms with E-state index in [2.05, 4.69) is 17.2 Å². The van der Waals surface area contributed by atoms with Crippen LogP contribution in [0.4, 0.5) is 0 Å². The minimum atomic E-state index is -0.735. The summed E-state index contributed by atoms with van der Waals surface area (Å²) < 4.78 is 0. The Labute approximate surface area is 73.3 Å². The first-order valence-corrected chi connectivity index (χ1v) is 4.13. The molecule has 4 N–H and O–H groups in total. The van der Waals surface area contributed by atoms with Crippen molar-refractivity contribution in [3.8, 4) is 0 Å². The molecule has 0 saturated carbocycles. The summed E-state index contributed by atoms with van der Waals surface area (Å²) in [4.78, 5) is 0. The highest BCUT2D eigenvalue weighted by Crippen LogP contribution is 1.81. The molecule has 0 spiro atoms. The second-order valence-corrected chi connectivity index (χ2v) is 2.55. The van der Waals surface area contributed by atoms with E-state index in [0.29, 0.717) is 13.1 Å². The fraction of sp³-hybridized carbons (Fsp3) is 0.750. The van der Waals surface area contributed by atoms with Crippen molar-refractivity contribution in [2.24, 2.45) is 0 Å². The molecule has 0 aliphatic rings. The maximum absolute atomic E-state index is 9.25. The fourth-order valence-electron chi connectivity index (χ4n) is 0.723. The summed E-state index contributed by atoms with van der Waals surface area (Å²) in [6.07, 6.45) is 0.167. The monoisotopic (exact) mass is 174 g/mol. The summed E-state index contributed by atoms with van der Waals surface area (Å²) in [5, 5.41) is 23.9. The molecule has 12 heavy (non-hydrogen) atoms. The van der Waals surface area contributed by atoms with Gasteiger partial charge in [-0.05, 0) is 12.6 Å². The molecule has 0 bridgehead atoms. The molecule has 2 unspecified atom stereocenters. The fourth-order valence-corrected chi connectivity index (χ4v) is 0.723. The van der Waals surface area contributed by atoms with E-state index in [9.17, 15) is 5.11 Å². The van der Waals surface area contributed by atoms with Crippen LogP contribution in [0, 0.1) is 0 Å². The number of aliphatic hydroxyl groups is 2. The molecule has 0 saturated heterocycles. The normalized spacial score (nSPS) is 15.6. The summed E-state index contributed by atoms with van der Waals surface area (Å²) in [7, 11) is 0. The summed E-state index contributed by atoms with van der Waals surface area (Å²) in [6, 6.07) is 0. The molecule has 4 heteroatoms. The number of hydrogen-bond acceptors (Lipinski definition) is 4. The topological polar surface area (TPSA) is 64.5 Å². The van der Waals surface area contributed by atoms with Crippen molar-refractivity contribution < 1.29 is 10.2 Å². The first-order valence-electron chi connectivity index (χ1n) is 4.13. The summed E-state index contributed by atoms with van der Waals surface area (Å²) >= 11 is 0. The molecule has 0 heterocycles. The third kappa shape index (κ3) is 6.30. The Balaban J connectivity index is 3.29. The smallest absolute Gasteiger partial charge is 0.123 e. The zero-order chi connectivity index (χ0) is 9.40. The predicted molar refractivity (Wildman–Crippen MR) is 48.8 cm³/mol. The van der Waals surface area contributed by atoms with Gasteiger partial charge in [0.1, 0.15) is 6.23 Å². The molecule has 0 aromatic carbocycles. The van der Waals surface area contributed by atoms with Crippen LogP contribution in [0.5, 0.6) is 0 Å². The molecule has 72 valence electrons. The van der Waals surface area contributed by atoms with Gasteiger partial charge in [0.15, 0.2) is 0 Å². The van der Waals surface area contributed by atoms with Gasteiger partial charge < -0.3 is 15.5 Å². The Morgan fingerprint density at radius 2 is 2.08 bits per heavy atom. The van der Waals surface area contributed by atoms with Crippen LogP contribution >= 0.6 is 0 Å². The van der Waals surface area contributed by atoms with E-state index in [0.717, 1.165) is 6.54 Å². The van der Waals surface area contributed by atoms with E-state index < -0.39 is 12.3 Å². The number of likely N-dealkylation sites (N-methyl/N-ethyl adjacent to an activating group) is 1. The van der Waals surface area contributed by atoms with Crippen molar-refractivity contribution in [3.05, 3.63) is 12.7 Å². The Hall–Kier alpha value is -0.420. The highest BCUT2D eigenvalue weighted by molar-refractivity contribution is 4.77. The third-order valence-electron chi connectivity index (χ3n) is 1.42. The van der Waals surface area contributed by atoms with Gasteiger partial charge in [-0.1, -0.05) is 13.5 Å². The van der Waals surface area contributed by atoms with Crippen LogP contribution in [0.2, 0.25) is 0 Å². The lowest BCUT2D eigenvalue weighted by Crippen LogP contribution is -2.39. The zero-order valence-corrected chi connectivity index (χ0v) is 7.45. The molecule has 0 amide bonds. The average Bonchev–Trinajstić information content (AvgIpc) is 2.10. The van der Waals surface area contributed by atoms with Crippen LogP contribution < -0.4 is 10.6 Å². The molecular weight excluding hydrogens is 156 g/mol. The van der Waals surface area contributed by atoms with Crippen LogP contribution in [0.25, 0.3) is 0 Å². The SMILES string of the molecule is C=CC(O)NCC(O)CNCC. The highest BCUT2D eigenvalue weighted by atomic mass is 16.3. The molecule has 0 aromatic rings. The van der Waals surface area contributed by atoms with Crippen LogP contribution in [-0.2, 0) is 0 Å². The molecule has 2 atom stereocenters. The first-order chi connectivity index (χ1) is 5.70. The Bertz CT molecular complexity index is 120. The van der Waals surface area contributed by atoms with Crippen molar-refractivity contribution in [2.75, 3.05) is 19.6 Å². The Kier molecular flexibility index (Phi) is 6.99. The molecule has 4 nitrogen and oxygen atoms in total. The molecule has 0 radical (unpaired) electrons. The van der Waals surface area contributed by atoms with E-state index >= 15 is 0 Å². The van der Waals surface area contributed by atoms with Gasteiger partial charge in [0, 0.05) is 13.1 Å². The predicted octanol–water partition coefficient (Wildman–Crippen LogP) is -0.949. The maximum atomic E-state index is 9.25. The Morgan fingerprint density at radius 1 is 1.42 bits per heavy atom. The lowest BCUT2D eigenvalue weighted by Gasteiger charge is -2.13. The lowest BCUT2D eigenvalue weighted by molar-refractivity contribution is 0.127. The number of nitrogens with one attached hydrogen (secondary N) is 2. The summed E-state index contributed by atoms with van der Waals surface area (Å²) in [5.74, 6) is 0. The van der Waals surface area contributed by atoms with Gasteiger partial charge >= 0.3 is 0 Å². The van der Waals surface area contributed by atoms with Gasteiger partial charge in [0.2, 0.25) is 0 Å². The van der Waals surface area contributed by atoms with Crippen LogP contribution in [0.1, 0.15) is 6.92 Å². The van der Waals surface area contributed by atoms with Crippen LogP contribution in [0.3, 0.4) is 0 Å². The second kappa shape index (κ2) is 7.24. The van der Waals surface area contributed by atoms with Crippen molar-refractivity contribution >= 4 is 0 Å². The van der Waals surface area contributed by atoms with E-state index in [1.165, 1.54) is 6.08 Å². The molecular formula is C8H18N2O2. The number of aliphatic hydroxyl groups excluding tert-OH is 2. The number of rotatable bonds is 7. The Morgan fingerprint density at radius 3 is 2.58 bits per heavy atom. The van der Waals surface area contributed by atoms with Crippen molar-refractivity contribution in [3.63, 3.8) is 0 Å². The summed E-state index contributed by atoms with van der Waals surface area (Å²) in [5.41, 5.74) is 0. The van der Waals surface area contributed by atoms with E-state index in [-0.39, 0.29) is 0 Å². The highest BCUT2D eigenvalue weighted by Gasteiger charge is 2.03. The van der Waals surface area contributed by atoms with E-state index in [4.69, 9.17) is 5.11 Å². The average molecular weight is 174 g/mol. The van der Waals surface area contributed by atoms with Crippen LogP contribution in [0.15, 0.2) is 12.7 Å². The lowest BCUT2D eigenvalue weighted by atomic mass is 10.3. The second-order valence-electron chi connectivity index (χ2n) is 2.55. The maximum Gasteiger partial charge on any atom is 0.123 e. The number of hydrogen-bond donors (Lipinski definition) is 4. The van der Waals surface area contributed by atoms with Gasteiger partial charge in [0.25, 0.3) is 0 Å². The van der Waals surface area contributed by atoms with Gasteiger partial charge in [0.05, 0.1) is 6.10 Å². The minimum Gasteiger partial charge on any atom is -0.390 e. The van der Waals surface area contributed by atoms with Crippen molar-refractivity contribution in [1.29, 1.82) is 0 Å². The van der Waals surface area contributed by atoms with Gasteiger partial charge in [-0.25, -0.2) is 0 Å². The van der Waals surface area contributed by atoms with Crippen LogP contribution in [-0.4, -0.2) is 42.2 Å². The first kappa shape index (κ1) is 11.6. The van der Waals surface area contributed by atoms with Gasteiger partial charge in [-0.15, -0.1) is 0 Å². The third-order valence-corrected chi connectivity index (χ3v) is 1.42. The summed E-state index contributed by atoms with van der Waals surface area (Å²) in [6.45, 7) is 7.09. The largest absolute Gasteiger partial charge is 0.390 e. The van der Waals surface area contributed by atoms with Crippen molar-refractivity contribution in [1.82, 2.24) is 10.6 Å². The molecule has 0 aliphatic heterocycles.